The molecule has 0 unspecified atom stereocenters. The molecule has 2 rings (SSSR count). The first kappa shape index (κ1) is 10.1. The third-order valence-electron chi connectivity index (χ3n) is 1.99. The Morgan fingerprint density at radius 3 is 2.29 bits per heavy atom. The van der Waals surface area contributed by atoms with Crippen LogP contribution in [-0.4, -0.2) is 20.3 Å². The van der Waals surface area contributed by atoms with Gasteiger partial charge in [-0.1, -0.05) is 0 Å². The van der Waals surface area contributed by atoms with Crippen molar-refractivity contribution >= 4 is 23.6 Å². The Bertz CT molecular complexity index is 353. The molecule has 0 radical (unpaired) electrons. The van der Waals surface area contributed by atoms with Crippen molar-refractivity contribution in [3.8, 4) is 5.75 Å². The second-order valence-electron chi connectivity index (χ2n) is 2.86. The molecular weight excluding hydrogens is 219 g/mol. The van der Waals surface area contributed by atoms with Crippen LogP contribution < -0.4 is 10.0 Å². The van der Waals surface area contributed by atoms with Gasteiger partial charge in [0.15, 0.2) is 0 Å². The fourth-order valence-electron chi connectivity index (χ4n) is 1.27. The van der Waals surface area contributed by atoms with Gasteiger partial charge >= 0.3 is 0 Å². The minimum absolute atomic E-state index is 0.601. The molecule has 14 heavy (non-hydrogen) atoms. The van der Waals surface area contributed by atoms with E-state index in [2.05, 4.69) is 0 Å². The molecule has 0 N–H and O–H groups in total. The lowest BCUT2D eigenvalue weighted by Gasteiger charge is -2.13. The molecule has 1 aromatic carbocycles. The number of methoxy groups -OCH3 is 1. The van der Waals surface area contributed by atoms with E-state index >= 15 is 0 Å². The second kappa shape index (κ2) is 3.99. The summed E-state index contributed by atoms with van der Waals surface area (Å²) >= 11 is 5.34. The zero-order valence-corrected chi connectivity index (χ0v) is 9.51. The maximum Gasteiger partial charge on any atom is 0.219 e. The van der Waals surface area contributed by atoms with Gasteiger partial charge in [0, 0.05) is 5.30 Å². The normalized spacial score (nSPS) is 19.5. The van der Waals surface area contributed by atoms with Crippen molar-refractivity contribution in [1.82, 2.24) is 0 Å². The van der Waals surface area contributed by atoms with Gasteiger partial charge in [0.1, 0.15) is 5.75 Å². The van der Waals surface area contributed by atoms with E-state index < -0.39 is 6.49 Å². The summed E-state index contributed by atoms with van der Waals surface area (Å²) in [5.74, 6) is 0.814. The molecule has 76 valence electrons. The summed E-state index contributed by atoms with van der Waals surface area (Å²) in [5.41, 5.74) is 0. The molecule has 1 aliphatic heterocycles. The quantitative estimate of drug-likeness (QED) is 0.722. The molecule has 0 bridgehead atoms. The number of rotatable bonds is 2. The summed E-state index contributed by atoms with van der Waals surface area (Å²) in [5, 5.41) is 0.950. The van der Waals surface area contributed by atoms with E-state index in [4.69, 9.17) is 25.6 Å². The van der Waals surface area contributed by atoms with Crippen molar-refractivity contribution in [2.45, 2.75) is 0 Å². The Labute approximate surface area is 88.2 Å². The molecule has 0 spiro atoms. The number of benzene rings is 1. The standard InChI is InChI=1S/C9H11O3PS/c1-10-8-2-4-9(5-3-8)13(14)11-6-7-12-13/h2-5H,6-7H2,1H3. The molecule has 1 fully saturated rings. The van der Waals surface area contributed by atoms with Gasteiger partial charge in [-0.25, -0.2) is 0 Å². The van der Waals surface area contributed by atoms with E-state index in [-0.39, 0.29) is 0 Å². The fraction of sp³-hybridized carbons (Fsp3) is 0.333. The highest BCUT2D eigenvalue weighted by Gasteiger charge is 2.26. The molecule has 0 atom stereocenters. The molecule has 1 heterocycles. The van der Waals surface area contributed by atoms with Crippen LogP contribution in [0.15, 0.2) is 24.3 Å². The molecule has 1 aliphatic rings. The Morgan fingerprint density at radius 1 is 1.21 bits per heavy atom. The van der Waals surface area contributed by atoms with Crippen molar-refractivity contribution in [1.29, 1.82) is 0 Å². The number of hydrogen-bond acceptors (Lipinski definition) is 4. The van der Waals surface area contributed by atoms with E-state index in [9.17, 15) is 0 Å². The van der Waals surface area contributed by atoms with Crippen molar-refractivity contribution in [2.75, 3.05) is 20.3 Å². The summed E-state index contributed by atoms with van der Waals surface area (Å²) < 4.78 is 16.0. The molecule has 5 heteroatoms. The van der Waals surface area contributed by atoms with Crippen molar-refractivity contribution < 1.29 is 13.8 Å². The summed E-state index contributed by atoms with van der Waals surface area (Å²) in [6.45, 7) is -0.974. The molecule has 1 saturated heterocycles. The third-order valence-corrected chi connectivity index (χ3v) is 5.23. The first-order valence-electron chi connectivity index (χ1n) is 4.28. The second-order valence-corrected chi connectivity index (χ2v) is 6.33. The van der Waals surface area contributed by atoms with E-state index in [0.717, 1.165) is 11.1 Å². The Hall–Kier alpha value is -0.410. The first-order chi connectivity index (χ1) is 6.74. The highest BCUT2D eigenvalue weighted by Crippen LogP contribution is 2.50. The molecule has 3 nitrogen and oxygen atoms in total. The van der Waals surface area contributed by atoms with Gasteiger partial charge < -0.3 is 13.8 Å². The van der Waals surface area contributed by atoms with E-state index in [1.54, 1.807) is 7.11 Å². The van der Waals surface area contributed by atoms with Crippen LogP contribution >= 0.6 is 6.49 Å². The van der Waals surface area contributed by atoms with Crippen LogP contribution in [0, 0.1) is 0 Å². The van der Waals surface area contributed by atoms with Gasteiger partial charge in [-0.3, -0.25) is 0 Å². The van der Waals surface area contributed by atoms with Crippen LogP contribution in [0.2, 0.25) is 0 Å². The maximum atomic E-state index is 5.46. The lowest BCUT2D eigenvalue weighted by atomic mass is 10.3. The minimum atomic E-state index is -2.17. The van der Waals surface area contributed by atoms with Gasteiger partial charge in [-0.15, -0.1) is 0 Å². The van der Waals surface area contributed by atoms with Crippen molar-refractivity contribution in [2.24, 2.45) is 0 Å². The van der Waals surface area contributed by atoms with Gasteiger partial charge in [-0.05, 0) is 36.1 Å². The fourth-order valence-corrected chi connectivity index (χ4v) is 3.60. The SMILES string of the molecule is COc1ccc(P2(=S)OCCO2)cc1. The zero-order chi connectivity index (χ0) is 10.0. The highest BCUT2D eigenvalue weighted by atomic mass is 32.5. The van der Waals surface area contributed by atoms with Crippen LogP contribution in [-0.2, 0) is 20.9 Å². The number of hydrogen-bond donors (Lipinski definition) is 0. The van der Waals surface area contributed by atoms with Crippen LogP contribution in [0.3, 0.4) is 0 Å². The lowest BCUT2D eigenvalue weighted by Crippen LogP contribution is -2.03. The Kier molecular flexibility index (Phi) is 2.88. The largest absolute Gasteiger partial charge is 0.497 e. The van der Waals surface area contributed by atoms with Gasteiger partial charge in [-0.2, -0.15) is 0 Å². The molecule has 0 aromatic heterocycles. The molecular formula is C9H11O3PS. The Balaban J connectivity index is 2.28. The minimum Gasteiger partial charge on any atom is -0.497 e. The highest BCUT2D eigenvalue weighted by molar-refractivity contribution is 8.13. The average molecular weight is 230 g/mol. The van der Waals surface area contributed by atoms with Gasteiger partial charge in [0.05, 0.1) is 20.3 Å². The molecule has 0 saturated carbocycles. The van der Waals surface area contributed by atoms with Crippen LogP contribution in [0.5, 0.6) is 5.75 Å². The van der Waals surface area contributed by atoms with Crippen LogP contribution in [0.4, 0.5) is 0 Å². The maximum absolute atomic E-state index is 5.46. The van der Waals surface area contributed by atoms with Crippen LogP contribution in [0.25, 0.3) is 0 Å². The topological polar surface area (TPSA) is 27.7 Å². The third kappa shape index (κ3) is 1.84. The lowest BCUT2D eigenvalue weighted by molar-refractivity contribution is 0.365. The average Bonchev–Trinajstić information content (AvgIpc) is 2.67. The first-order valence-corrected chi connectivity index (χ1v) is 6.92. The van der Waals surface area contributed by atoms with Gasteiger partial charge in [0.2, 0.25) is 6.49 Å². The molecule has 0 aliphatic carbocycles. The predicted octanol–water partition coefficient (Wildman–Crippen LogP) is 1.68. The van der Waals surface area contributed by atoms with E-state index in [1.165, 1.54) is 0 Å². The van der Waals surface area contributed by atoms with Gasteiger partial charge in [0.25, 0.3) is 0 Å². The summed E-state index contributed by atoms with van der Waals surface area (Å²) in [7, 11) is 1.64. The van der Waals surface area contributed by atoms with E-state index in [1.807, 2.05) is 24.3 Å². The monoisotopic (exact) mass is 230 g/mol. The zero-order valence-electron chi connectivity index (χ0n) is 7.80. The summed E-state index contributed by atoms with van der Waals surface area (Å²) in [6.07, 6.45) is 0. The van der Waals surface area contributed by atoms with Crippen molar-refractivity contribution in [3.05, 3.63) is 24.3 Å². The smallest absolute Gasteiger partial charge is 0.219 e. The Morgan fingerprint density at radius 2 is 1.79 bits per heavy atom. The van der Waals surface area contributed by atoms with E-state index in [0.29, 0.717) is 13.2 Å². The number of ether oxygens (including phenoxy) is 1. The molecule has 0 amide bonds. The summed E-state index contributed by atoms with van der Waals surface area (Å²) in [4.78, 5) is 0. The van der Waals surface area contributed by atoms with Crippen molar-refractivity contribution in [3.63, 3.8) is 0 Å². The van der Waals surface area contributed by atoms with Crippen LogP contribution in [0.1, 0.15) is 0 Å². The summed E-state index contributed by atoms with van der Waals surface area (Å²) in [6, 6.07) is 7.55. The predicted molar refractivity (Wildman–Crippen MR) is 58.8 cm³/mol. The molecule has 1 aromatic rings.